The number of rotatable bonds is 3. The number of hydrogen-bond donors (Lipinski definition) is 1. The van der Waals surface area contributed by atoms with E-state index in [-0.39, 0.29) is 22.3 Å². The van der Waals surface area contributed by atoms with Crippen LogP contribution < -0.4 is 5.73 Å². The average molecular weight is 416 g/mol. The lowest BCUT2D eigenvalue weighted by Crippen LogP contribution is -2.36. The fraction of sp³-hybridized carbons (Fsp3) is 0.526. The van der Waals surface area contributed by atoms with Gasteiger partial charge in [0.05, 0.1) is 10.6 Å². The molecule has 1 aromatic rings. The maximum atomic E-state index is 12.5. The second-order valence-corrected chi connectivity index (χ2v) is 9.16. The molecule has 0 unspecified atom stereocenters. The van der Waals surface area contributed by atoms with Gasteiger partial charge >= 0.3 is 17.2 Å². The van der Waals surface area contributed by atoms with Crippen molar-refractivity contribution in [3.63, 3.8) is 0 Å². The number of thioether (sulfide) groups is 1. The van der Waals surface area contributed by atoms with Gasteiger partial charge in [-0.1, -0.05) is 17.7 Å². The maximum absolute atomic E-state index is 12.5. The average Bonchev–Trinajstić information content (AvgIpc) is 2.49. The van der Waals surface area contributed by atoms with Crippen LogP contribution in [0.3, 0.4) is 0 Å². The third-order valence-corrected chi connectivity index (χ3v) is 4.05. The Kier molecular flexibility index (Phi) is 7.75. The van der Waals surface area contributed by atoms with Crippen molar-refractivity contribution in [3.05, 3.63) is 34.3 Å². The lowest BCUT2D eigenvalue weighted by atomic mass is 10.1. The third-order valence-electron chi connectivity index (χ3n) is 3.08. The predicted molar refractivity (Wildman–Crippen MR) is 110 cm³/mol. The molecule has 0 fully saturated rings. The Labute approximate surface area is 170 Å². The Bertz CT molecular complexity index is 749. The molecule has 0 spiro atoms. The quantitative estimate of drug-likeness (QED) is 0.340. The highest BCUT2D eigenvalue weighted by molar-refractivity contribution is 8.12. The molecule has 27 heavy (non-hydrogen) atoms. The second-order valence-electron chi connectivity index (χ2n) is 7.92. The first-order valence-electron chi connectivity index (χ1n) is 8.42. The fourth-order valence-corrected chi connectivity index (χ4v) is 2.56. The summed E-state index contributed by atoms with van der Waals surface area (Å²) in [6.45, 7) is 10.8. The Balaban J connectivity index is 3.19. The van der Waals surface area contributed by atoms with Gasteiger partial charge in [-0.05, 0) is 77.3 Å². The number of nitrogens with two attached hydrogens (primary N) is 1. The summed E-state index contributed by atoms with van der Waals surface area (Å²) in [5.74, 6) is -0.528. The molecule has 1 amide bonds. The van der Waals surface area contributed by atoms with Gasteiger partial charge in [0.15, 0.2) is 0 Å². The van der Waals surface area contributed by atoms with Crippen LogP contribution in [0.15, 0.2) is 18.2 Å². The molecule has 1 aromatic carbocycles. The van der Waals surface area contributed by atoms with E-state index in [1.165, 1.54) is 16.3 Å². The molecule has 8 heteroatoms. The summed E-state index contributed by atoms with van der Waals surface area (Å²) in [7, 11) is 0. The fourth-order valence-electron chi connectivity index (χ4n) is 2.00. The van der Waals surface area contributed by atoms with Gasteiger partial charge in [-0.15, -0.1) is 4.58 Å². The number of nitrogens with zero attached hydrogens (tertiary/aromatic N) is 1. The zero-order chi connectivity index (χ0) is 21.0. The van der Waals surface area contributed by atoms with Crippen molar-refractivity contribution in [2.45, 2.75) is 59.3 Å². The summed E-state index contributed by atoms with van der Waals surface area (Å²) in [5, 5.41) is 0.566. The highest BCUT2D eigenvalue weighted by atomic mass is 35.5. The Morgan fingerprint density at radius 1 is 1.11 bits per heavy atom. The van der Waals surface area contributed by atoms with Gasteiger partial charge in [-0.3, -0.25) is 5.73 Å². The normalized spacial score (nSPS) is 13.0. The Morgan fingerprint density at radius 2 is 1.67 bits per heavy atom. The van der Waals surface area contributed by atoms with Crippen LogP contribution in [0, 0.1) is 0 Å². The zero-order valence-electron chi connectivity index (χ0n) is 16.9. The van der Waals surface area contributed by atoms with E-state index in [0.717, 1.165) is 0 Å². The summed E-state index contributed by atoms with van der Waals surface area (Å²) in [4.78, 5) is 24.9. The first kappa shape index (κ1) is 23.3. The van der Waals surface area contributed by atoms with Gasteiger partial charge in [0, 0.05) is 0 Å². The molecule has 150 valence electrons. The van der Waals surface area contributed by atoms with Crippen molar-refractivity contribution in [2.75, 3.05) is 6.26 Å². The highest BCUT2D eigenvalue weighted by Crippen LogP contribution is 2.22. The zero-order valence-corrected chi connectivity index (χ0v) is 18.5. The molecule has 0 aliphatic heterocycles. The number of hydrogen-bond acceptors (Lipinski definition) is 5. The molecule has 0 aliphatic carbocycles. The molecule has 0 atom stereocenters. The maximum Gasteiger partial charge on any atom is 0.508 e. The summed E-state index contributed by atoms with van der Waals surface area (Å²) in [5.41, 5.74) is 5.58. The SMILES string of the molecule is CSC(N)=[N+](Cc1ccc(Cl)c(C(=O)OC(C)(C)C)c1)C(=O)OC(C)(C)C. The Morgan fingerprint density at radius 3 is 2.15 bits per heavy atom. The van der Waals surface area contributed by atoms with Crippen LogP contribution in [-0.2, 0) is 16.0 Å². The third kappa shape index (κ3) is 7.81. The van der Waals surface area contributed by atoms with Gasteiger partial charge in [0.2, 0.25) is 0 Å². The summed E-state index contributed by atoms with van der Waals surface area (Å²) in [6.07, 6.45) is 1.20. The molecule has 0 saturated heterocycles. The van der Waals surface area contributed by atoms with Gasteiger partial charge in [0.1, 0.15) is 17.7 Å². The molecule has 6 nitrogen and oxygen atoms in total. The van der Waals surface area contributed by atoms with E-state index in [4.69, 9.17) is 26.8 Å². The molecule has 1 rings (SSSR count). The monoisotopic (exact) mass is 415 g/mol. The standard InChI is InChI=1S/C19H27ClN2O4S/c1-18(2,3)25-15(23)13-10-12(8-9-14(13)20)11-22(16(21)27-7)17(24)26-19(4,5)6/h8-10,21H,11H2,1-7H3/p+1. The topological polar surface area (TPSA) is 81.6 Å². The summed E-state index contributed by atoms with van der Waals surface area (Å²) < 4.78 is 12.1. The number of amidine groups is 1. The van der Waals surface area contributed by atoms with E-state index in [0.29, 0.717) is 5.56 Å². The van der Waals surface area contributed by atoms with E-state index in [2.05, 4.69) is 0 Å². The summed E-state index contributed by atoms with van der Waals surface area (Å²) in [6, 6.07) is 4.92. The van der Waals surface area contributed by atoms with Crippen LogP contribution in [-0.4, -0.2) is 39.3 Å². The Hall–Kier alpha value is -1.73. The molecule has 0 radical (unpaired) electrons. The van der Waals surface area contributed by atoms with Crippen molar-refractivity contribution in [3.8, 4) is 0 Å². The second kappa shape index (κ2) is 8.97. The molecule has 0 aromatic heterocycles. The number of carbonyl (C=O) groups is 2. The number of amides is 1. The molecular formula is C19H28ClN2O4S+. The first-order valence-corrected chi connectivity index (χ1v) is 10.0. The minimum Gasteiger partial charge on any atom is -0.456 e. The van der Waals surface area contributed by atoms with Gasteiger partial charge in [0.25, 0.3) is 0 Å². The number of carbonyl (C=O) groups excluding carboxylic acids is 2. The first-order chi connectivity index (χ1) is 12.2. The number of benzene rings is 1. The smallest absolute Gasteiger partial charge is 0.456 e. The van der Waals surface area contributed by atoms with E-state index in [1.54, 1.807) is 66.0 Å². The lowest BCUT2D eigenvalue weighted by Gasteiger charge is -2.20. The minimum atomic E-state index is -0.657. The minimum absolute atomic E-state index is 0.133. The number of ether oxygens (including phenoxy) is 2. The van der Waals surface area contributed by atoms with Crippen LogP contribution in [0.4, 0.5) is 4.79 Å². The highest BCUT2D eigenvalue weighted by Gasteiger charge is 2.27. The molecule has 0 bridgehead atoms. The van der Waals surface area contributed by atoms with Crippen molar-refractivity contribution < 1.29 is 23.6 Å². The molecule has 2 N–H and O–H groups in total. The van der Waals surface area contributed by atoms with Crippen LogP contribution >= 0.6 is 23.4 Å². The van der Waals surface area contributed by atoms with Crippen LogP contribution in [0.25, 0.3) is 0 Å². The van der Waals surface area contributed by atoms with Crippen molar-refractivity contribution in [2.24, 2.45) is 5.73 Å². The van der Waals surface area contributed by atoms with E-state index in [1.807, 2.05) is 0 Å². The van der Waals surface area contributed by atoms with Crippen LogP contribution in [0.5, 0.6) is 0 Å². The molecule has 0 heterocycles. The number of halogens is 1. The number of esters is 1. The van der Waals surface area contributed by atoms with Crippen LogP contribution in [0.1, 0.15) is 57.5 Å². The van der Waals surface area contributed by atoms with Crippen molar-refractivity contribution in [1.29, 1.82) is 0 Å². The van der Waals surface area contributed by atoms with E-state index < -0.39 is 23.3 Å². The predicted octanol–water partition coefficient (Wildman–Crippen LogP) is 4.42. The molecule has 0 aliphatic rings. The van der Waals surface area contributed by atoms with Crippen molar-refractivity contribution in [1.82, 2.24) is 0 Å². The largest absolute Gasteiger partial charge is 0.508 e. The molecule has 0 saturated carbocycles. The molecular weight excluding hydrogens is 388 g/mol. The van der Waals surface area contributed by atoms with Gasteiger partial charge in [-0.2, -0.15) is 4.79 Å². The van der Waals surface area contributed by atoms with Gasteiger partial charge < -0.3 is 9.47 Å². The van der Waals surface area contributed by atoms with Crippen LogP contribution in [0.2, 0.25) is 5.02 Å². The van der Waals surface area contributed by atoms with E-state index in [9.17, 15) is 9.59 Å². The summed E-state index contributed by atoms with van der Waals surface area (Å²) >= 11 is 7.39. The lowest BCUT2D eigenvalue weighted by molar-refractivity contribution is -0.465. The van der Waals surface area contributed by atoms with Crippen molar-refractivity contribution >= 4 is 40.6 Å². The van der Waals surface area contributed by atoms with Gasteiger partial charge in [-0.25, -0.2) is 4.79 Å². The van der Waals surface area contributed by atoms with E-state index >= 15 is 0 Å².